The molecular formula is C9H15AlCl4Ti. The number of hydrogen-bond acceptors (Lipinski definition) is 0. The quantitative estimate of drug-likeness (QED) is 0.304. The molecule has 0 saturated carbocycles. The average Bonchev–Trinajstić information content (AvgIpc) is 1.70. The van der Waals surface area contributed by atoms with Gasteiger partial charge in [-0.25, -0.2) is 0 Å². The molecule has 0 spiro atoms. The second-order valence-electron chi connectivity index (χ2n) is 1.06. The van der Waals surface area contributed by atoms with E-state index in [0.29, 0.717) is 0 Å². The number of hydrogen-bond donors (Lipinski definition) is 0. The third-order valence-corrected chi connectivity index (χ3v) is 0. The van der Waals surface area contributed by atoms with E-state index in [1.807, 2.05) is 0 Å². The third kappa shape index (κ3) is 1100. The van der Waals surface area contributed by atoms with Gasteiger partial charge in [-0.05, 0) is 0 Å². The first-order chi connectivity index (χ1) is 4.24. The van der Waals surface area contributed by atoms with E-state index in [0.717, 1.165) is 0 Å². The molecule has 0 aromatic carbocycles. The van der Waals surface area contributed by atoms with Crippen LogP contribution in [0, 0.1) is 18.2 Å². The summed E-state index contributed by atoms with van der Waals surface area (Å²) < 4.78 is 0. The van der Waals surface area contributed by atoms with Gasteiger partial charge in [-0.15, -0.1) is 0 Å². The summed E-state index contributed by atoms with van der Waals surface area (Å²) in [6, 6.07) is 0. The topological polar surface area (TPSA) is 0 Å². The number of allylic oxidation sites excluding steroid dienone is 3. The maximum absolute atomic E-state index is 3.24. The van der Waals surface area contributed by atoms with Crippen molar-refractivity contribution >= 4 is 17.4 Å². The van der Waals surface area contributed by atoms with Gasteiger partial charge in [0.05, 0.1) is 0 Å². The molecule has 0 aliphatic carbocycles. The van der Waals surface area contributed by atoms with Gasteiger partial charge >= 0.3 is 39.1 Å². The van der Waals surface area contributed by atoms with Crippen molar-refractivity contribution in [3.63, 3.8) is 0 Å². The largest absolute Gasteiger partial charge is 4.00 e. The van der Waals surface area contributed by atoms with Crippen LogP contribution in [-0.4, -0.2) is 17.4 Å². The normalized spacial score (nSPS) is 2.60. The Hall–Kier alpha value is 1.63. The van der Waals surface area contributed by atoms with E-state index < -0.39 is 0 Å². The zero-order valence-corrected chi connectivity index (χ0v) is 15.0. The number of halogens is 4. The van der Waals surface area contributed by atoms with Gasteiger partial charge in [0.2, 0.25) is 0 Å². The van der Waals surface area contributed by atoms with Crippen LogP contribution in [-0.2, 0) is 21.7 Å². The van der Waals surface area contributed by atoms with E-state index in [1.165, 1.54) is 0 Å². The van der Waals surface area contributed by atoms with Crippen LogP contribution in [0.3, 0.4) is 0 Å². The molecule has 6 heteroatoms. The SMILES string of the molecule is C=[C-]C.C=[C-]C.C=[C-]C.[Al+3].[Cl-].[Cl-].[Cl-].[Cl-].[Ti+4]. The van der Waals surface area contributed by atoms with Gasteiger partial charge in [-0.2, -0.15) is 20.8 Å². The second-order valence-corrected chi connectivity index (χ2v) is 1.06. The van der Waals surface area contributed by atoms with Crippen LogP contribution < -0.4 is 49.6 Å². The van der Waals surface area contributed by atoms with Crippen molar-refractivity contribution in [2.75, 3.05) is 0 Å². The molecular weight excluding hydrogens is 325 g/mol. The van der Waals surface area contributed by atoms with Crippen LogP contribution in [0.1, 0.15) is 20.8 Å². The first-order valence-electron chi connectivity index (χ1n) is 2.56. The molecule has 0 unspecified atom stereocenters. The Balaban J connectivity index is -0.00000000429. The number of rotatable bonds is 0. The van der Waals surface area contributed by atoms with E-state index in [1.54, 1.807) is 20.8 Å². The zero-order valence-electron chi connectivity index (χ0n) is 9.21. The molecule has 0 atom stereocenters. The third-order valence-electron chi connectivity index (χ3n) is 0. The van der Waals surface area contributed by atoms with Gasteiger partial charge in [0.15, 0.2) is 0 Å². The summed E-state index contributed by atoms with van der Waals surface area (Å²) in [7, 11) is 0. The molecule has 0 aliphatic rings. The van der Waals surface area contributed by atoms with Crippen LogP contribution in [0.25, 0.3) is 0 Å². The fourth-order valence-corrected chi connectivity index (χ4v) is 0. The van der Waals surface area contributed by atoms with E-state index in [9.17, 15) is 0 Å². The Labute approximate surface area is 146 Å². The van der Waals surface area contributed by atoms with Crippen molar-refractivity contribution < 1.29 is 71.3 Å². The summed E-state index contributed by atoms with van der Waals surface area (Å²) in [6.07, 6.45) is 7.50. The maximum atomic E-state index is 3.24. The van der Waals surface area contributed by atoms with Gasteiger partial charge in [-0.1, -0.05) is 0 Å². The van der Waals surface area contributed by atoms with E-state index >= 15 is 0 Å². The molecule has 0 fully saturated rings. The minimum absolute atomic E-state index is 0. The predicted molar refractivity (Wildman–Crippen MR) is 49.4 cm³/mol. The van der Waals surface area contributed by atoms with Gasteiger partial charge in [0, 0.05) is 0 Å². The van der Waals surface area contributed by atoms with Crippen LogP contribution in [0.5, 0.6) is 0 Å². The molecule has 0 bridgehead atoms. The fraction of sp³-hybridized carbons (Fsp3) is 0.333. The predicted octanol–water partition coefficient (Wildman–Crippen LogP) is -9.38. The molecule has 0 nitrogen and oxygen atoms in total. The van der Waals surface area contributed by atoms with Crippen LogP contribution >= 0.6 is 0 Å². The van der Waals surface area contributed by atoms with Crippen molar-refractivity contribution in [2.45, 2.75) is 20.8 Å². The average molecular weight is 340 g/mol. The molecule has 15 heavy (non-hydrogen) atoms. The maximum Gasteiger partial charge on any atom is 4.00 e. The molecule has 0 amide bonds. The van der Waals surface area contributed by atoms with Gasteiger partial charge in [0.1, 0.15) is 0 Å². The van der Waals surface area contributed by atoms with E-state index in [4.69, 9.17) is 0 Å². The van der Waals surface area contributed by atoms with Crippen molar-refractivity contribution in [3.05, 3.63) is 38.0 Å². The Bertz CT molecular complexity index is 58.9. The van der Waals surface area contributed by atoms with Crippen molar-refractivity contribution in [3.8, 4) is 0 Å². The first-order valence-corrected chi connectivity index (χ1v) is 2.56. The minimum atomic E-state index is 0. The second kappa shape index (κ2) is 156. The summed E-state index contributed by atoms with van der Waals surface area (Å²) >= 11 is 0. The van der Waals surface area contributed by atoms with Gasteiger partial charge in [0.25, 0.3) is 0 Å². The van der Waals surface area contributed by atoms with Crippen LogP contribution in [0.15, 0.2) is 19.7 Å². The summed E-state index contributed by atoms with van der Waals surface area (Å²) in [4.78, 5) is 0. The Morgan fingerprint density at radius 2 is 0.600 bits per heavy atom. The van der Waals surface area contributed by atoms with Crippen LogP contribution in [0.4, 0.5) is 0 Å². The Kier molecular flexibility index (Phi) is 727. The molecule has 0 rings (SSSR count). The molecule has 0 aromatic heterocycles. The smallest absolute Gasteiger partial charge is 1.00 e. The van der Waals surface area contributed by atoms with Crippen molar-refractivity contribution in [1.82, 2.24) is 0 Å². The van der Waals surface area contributed by atoms with Crippen molar-refractivity contribution in [1.29, 1.82) is 0 Å². The van der Waals surface area contributed by atoms with Gasteiger partial charge < -0.3 is 67.9 Å². The van der Waals surface area contributed by atoms with E-state index in [-0.39, 0.29) is 88.7 Å². The molecule has 0 N–H and O–H groups in total. The van der Waals surface area contributed by atoms with E-state index in [2.05, 4.69) is 38.0 Å². The summed E-state index contributed by atoms with van der Waals surface area (Å²) in [5.74, 6) is 0. The minimum Gasteiger partial charge on any atom is -1.00 e. The molecule has 0 saturated heterocycles. The van der Waals surface area contributed by atoms with Crippen LogP contribution in [0.2, 0.25) is 0 Å². The summed E-state index contributed by atoms with van der Waals surface area (Å²) in [5, 5.41) is 0. The van der Waals surface area contributed by atoms with Crippen molar-refractivity contribution in [2.24, 2.45) is 0 Å². The summed E-state index contributed by atoms with van der Waals surface area (Å²) in [6.45, 7) is 15.0. The molecule has 0 radical (unpaired) electrons. The van der Waals surface area contributed by atoms with Gasteiger partial charge in [-0.3, -0.25) is 19.7 Å². The first kappa shape index (κ1) is 69.8. The fourth-order valence-electron chi connectivity index (χ4n) is 0. The molecule has 0 aliphatic heterocycles. The molecule has 0 aromatic rings. The Morgan fingerprint density at radius 1 is 0.600 bits per heavy atom. The summed E-state index contributed by atoms with van der Waals surface area (Å²) in [5.41, 5.74) is 0. The standard InChI is InChI=1S/3C3H5.Al.4ClH.Ti/c3*1-3-2;;;;;;/h3*1H2,2H3;;4*1H;/q3*-1;+3;;;;;+4/p-4. The monoisotopic (exact) mass is 338 g/mol. The molecule has 86 valence electrons. The zero-order chi connectivity index (χ0) is 8.12. The molecule has 0 heterocycles. The Morgan fingerprint density at radius 3 is 0.600 bits per heavy atom.